The largest absolute Gasteiger partial charge is 0.497 e. The molecule has 3 rings (SSSR count). The van der Waals surface area contributed by atoms with Gasteiger partial charge in [-0.3, -0.25) is 9.48 Å². The Bertz CT molecular complexity index is 913. The molecule has 0 fully saturated rings. The zero-order chi connectivity index (χ0) is 18.7. The number of rotatable bonds is 7. The van der Waals surface area contributed by atoms with Crippen LogP contribution in [-0.4, -0.2) is 40.8 Å². The van der Waals surface area contributed by atoms with Gasteiger partial charge in [-0.25, -0.2) is 0 Å². The number of hydrogen-bond donors (Lipinski definition) is 0. The molecule has 138 valence electrons. The Morgan fingerprint density at radius 2 is 2.12 bits per heavy atom. The number of amides is 1. The number of hydrogen-bond acceptors (Lipinski definition) is 4. The molecule has 0 aliphatic carbocycles. The molecule has 5 nitrogen and oxygen atoms in total. The lowest BCUT2D eigenvalue weighted by atomic mass is 10.1. The van der Waals surface area contributed by atoms with Crippen molar-refractivity contribution in [2.45, 2.75) is 26.7 Å². The van der Waals surface area contributed by atoms with Crippen molar-refractivity contribution in [3.05, 3.63) is 35.2 Å². The van der Waals surface area contributed by atoms with Gasteiger partial charge in [0, 0.05) is 31.1 Å². The van der Waals surface area contributed by atoms with E-state index in [9.17, 15) is 4.79 Å². The minimum absolute atomic E-state index is 0.110. The van der Waals surface area contributed by atoms with Crippen molar-refractivity contribution < 1.29 is 9.53 Å². The Balaban J connectivity index is 2.00. The molecular weight excluding hydrogens is 346 g/mol. The first-order chi connectivity index (χ1) is 12.6. The van der Waals surface area contributed by atoms with E-state index in [-0.39, 0.29) is 5.91 Å². The van der Waals surface area contributed by atoms with Crippen LogP contribution in [0.5, 0.6) is 5.75 Å². The van der Waals surface area contributed by atoms with Crippen LogP contribution < -0.4 is 4.74 Å². The van der Waals surface area contributed by atoms with Crippen molar-refractivity contribution >= 4 is 27.5 Å². The maximum absolute atomic E-state index is 12.9. The van der Waals surface area contributed by atoms with Gasteiger partial charge in [0.25, 0.3) is 5.91 Å². The molecule has 0 saturated carbocycles. The third-order valence-corrected chi connectivity index (χ3v) is 5.71. The summed E-state index contributed by atoms with van der Waals surface area (Å²) < 4.78 is 7.18. The third kappa shape index (κ3) is 3.46. The second-order valence-electron chi connectivity index (χ2n) is 6.27. The first-order valence-electron chi connectivity index (χ1n) is 8.99. The minimum Gasteiger partial charge on any atom is -0.497 e. The molecule has 2 aromatic heterocycles. The fraction of sp³-hybridized carbons (Fsp3) is 0.400. The number of carbonyl (C=O) groups is 1. The van der Waals surface area contributed by atoms with Crippen LogP contribution in [0.15, 0.2) is 30.3 Å². The van der Waals surface area contributed by atoms with Crippen LogP contribution in [0.2, 0.25) is 0 Å². The number of nitrogens with zero attached hydrogens (tertiary/aromatic N) is 3. The average molecular weight is 372 g/mol. The molecule has 26 heavy (non-hydrogen) atoms. The third-order valence-electron chi connectivity index (χ3n) is 4.52. The normalized spacial score (nSPS) is 11.1. The summed E-state index contributed by atoms with van der Waals surface area (Å²) in [6.45, 7) is 5.71. The monoisotopic (exact) mass is 371 g/mol. The number of aryl methyl sites for hydroxylation is 1. The number of methoxy groups -OCH3 is 1. The zero-order valence-corrected chi connectivity index (χ0v) is 16.6. The molecular formula is C20H25N3O2S. The summed E-state index contributed by atoms with van der Waals surface area (Å²) in [4.78, 5) is 16.6. The Kier molecular flexibility index (Phi) is 5.61. The van der Waals surface area contributed by atoms with E-state index >= 15 is 0 Å². The van der Waals surface area contributed by atoms with Crippen LogP contribution in [0.25, 0.3) is 21.5 Å². The lowest BCUT2D eigenvalue weighted by Crippen LogP contribution is -2.31. The highest BCUT2D eigenvalue weighted by Crippen LogP contribution is 2.35. The molecule has 0 N–H and O–H groups in total. The fourth-order valence-corrected chi connectivity index (χ4v) is 4.08. The Morgan fingerprint density at radius 1 is 1.31 bits per heavy atom. The van der Waals surface area contributed by atoms with Gasteiger partial charge >= 0.3 is 0 Å². The number of unbranched alkanes of at least 4 members (excludes halogenated alkanes) is 1. The number of ether oxygens (including phenoxy) is 1. The first kappa shape index (κ1) is 18.5. The molecule has 0 bridgehead atoms. The molecule has 0 saturated heterocycles. The minimum atomic E-state index is 0.110. The van der Waals surface area contributed by atoms with Gasteiger partial charge in [0.2, 0.25) is 0 Å². The van der Waals surface area contributed by atoms with Gasteiger partial charge in [0.1, 0.15) is 16.3 Å². The Hall–Kier alpha value is -2.34. The molecule has 1 amide bonds. The van der Waals surface area contributed by atoms with Crippen LogP contribution in [0.4, 0.5) is 0 Å². The van der Waals surface area contributed by atoms with Gasteiger partial charge in [-0.2, -0.15) is 5.10 Å². The van der Waals surface area contributed by atoms with E-state index in [1.54, 1.807) is 7.11 Å². The number of benzene rings is 1. The predicted molar refractivity (Wildman–Crippen MR) is 107 cm³/mol. The molecule has 0 aliphatic heterocycles. The second-order valence-corrected chi connectivity index (χ2v) is 7.30. The van der Waals surface area contributed by atoms with E-state index in [1.807, 2.05) is 53.9 Å². The van der Waals surface area contributed by atoms with Crippen molar-refractivity contribution in [2.24, 2.45) is 7.05 Å². The quantitative estimate of drug-likeness (QED) is 0.611. The topological polar surface area (TPSA) is 47.4 Å². The van der Waals surface area contributed by atoms with E-state index < -0.39 is 0 Å². The highest BCUT2D eigenvalue weighted by Gasteiger charge is 2.21. The van der Waals surface area contributed by atoms with Crippen molar-refractivity contribution in [3.63, 3.8) is 0 Å². The first-order valence-corrected chi connectivity index (χ1v) is 9.80. The van der Waals surface area contributed by atoms with Crippen LogP contribution in [0.3, 0.4) is 0 Å². The SMILES string of the molecule is CCCCN(CC)C(=O)c1cc2c(-c3cccc(OC)c3)nn(C)c2s1. The van der Waals surface area contributed by atoms with Crippen molar-refractivity contribution in [1.29, 1.82) is 0 Å². The van der Waals surface area contributed by atoms with Gasteiger partial charge < -0.3 is 9.64 Å². The lowest BCUT2D eigenvalue weighted by Gasteiger charge is -2.19. The molecule has 2 heterocycles. The molecule has 0 atom stereocenters. The predicted octanol–water partition coefficient (Wildman–Crippen LogP) is 4.57. The smallest absolute Gasteiger partial charge is 0.264 e. The van der Waals surface area contributed by atoms with E-state index in [4.69, 9.17) is 4.74 Å². The summed E-state index contributed by atoms with van der Waals surface area (Å²) in [5, 5.41) is 5.67. The van der Waals surface area contributed by atoms with Gasteiger partial charge in [-0.15, -0.1) is 11.3 Å². The number of fused-ring (bicyclic) bond motifs is 1. The molecule has 1 aromatic carbocycles. The van der Waals surface area contributed by atoms with Crippen LogP contribution in [-0.2, 0) is 7.05 Å². The number of thiophene rings is 1. The molecule has 6 heteroatoms. The standard InChI is InChI=1S/C20H25N3O2S/c1-5-7-11-23(6-2)19(24)17-13-16-18(21-22(3)20(16)26-17)14-9-8-10-15(12-14)25-4/h8-10,12-13H,5-7,11H2,1-4H3. The van der Waals surface area contributed by atoms with Gasteiger partial charge in [0.05, 0.1) is 12.0 Å². The second kappa shape index (κ2) is 7.91. The Morgan fingerprint density at radius 3 is 2.81 bits per heavy atom. The maximum atomic E-state index is 12.9. The highest BCUT2D eigenvalue weighted by molar-refractivity contribution is 7.20. The number of carbonyl (C=O) groups excluding carboxylic acids is 1. The molecule has 0 aliphatic rings. The zero-order valence-electron chi connectivity index (χ0n) is 15.8. The fourth-order valence-electron chi connectivity index (χ4n) is 3.04. The summed E-state index contributed by atoms with van der Waals surface area (Å²) in [5.74, 6) is 0.906. The highest BCUT2D eigenvalue weighted by atomic mass is 32.1. The average Bonchev–Trinajstić information content (AvgIpc) is 3.23. The van der Waals surface area contributed by atoms with Crippen molar-refractivity contribution in [2.75, 3.05) is 20.2 Å². The summed E-state index contributed by atoms with van der Waals surface area (Å²) >= 11 is 1.51. The molecule has 0 radical (unpaired) electrons. The lowest BCUT2D eigenvalue weighted by molar-refractivity contribution is 0.0767. The molecule has 0 spiro atoms. The van der Waals surface area contributed by atoms with Crippen LogP contribution in [0.1, 0.15) is 36.4 Å². The van der Waals surface area contributed by atoms with Crippen LogP contribution in [0, 0.1) is 0 Å². The Labute approximate surface area is 158 Å². The van der Waals surface area contributed by atoms with Gasteiger partial charge in [0.15, 0.2) is 0 Å². The van der Waals surface area contributed by atoms with Crippen LogP contribution >= 0.6 is 11.3 Å². The maximum Gasteiger partial charge on any atom is 0.264 e. The van der Waals surface area contributed by atoms with Crippen molar-refractivity contribution in [3.8, 4) is 17.0 Å². The van der Waals surface area contributed by atoms with E-state index in [0.29, 0.717) is 0 Å². The molecule has 3 aromatic rings. The summed E-state index contributed by atoms with van der Waals surface area (Å²) in [6, 6.07) is 9.85. The van der Waals surface area contributed by atoms with E-state index in [0.717, 1.165) is 58.0 Å². The molecule has 0 unspecified atom stereocenters. The van der Waals surface area contributed by atoms with Gasteiger partial charge in [-0.05, 0) is 31.5 Å². The van der Waals surface area contributed by atoms with Gasteiger partial charge in [-0.1, -0.05) is 25.5 Å². The summed E-state index contributed by atoms with van der Waals surface area (Å²) in [5.41, 5.74) is 1.87. The summed E-state index contributed by atoms with van der Waals surface area (Å²) in [6.07, 6.45) is 2.11. The number of aromatic nitrogens is 2. The summed E-state index contributed by atoms with van der Waals surface area (Å²) in [7, 11) is 3.58. The van der Waals surface area contributed by atoms with E-state index in [2.05, 4.69) is 12.0 Å². The van der Waals surface area contributed by atoms with E-state index in [1.165, 1.54) is 11.3 Å². The van der Waals surface area contributed by atoms with Crippen molar-refractivity contribution in [1.82, 2.24) is 14.7 Å².